The number of fused-ring (bicyclic) bond motifs is 6. The van der Waals surface area contributed by atoms with Gasteiger partial charge in [0.2, 0.25) is 0 Å². The van der Waals surface area contributed by atoms with Crippen LogP contribution in [0.3, 0.4) is 0 Å². The molecule has 12 nitrogen and oxygen atoms in total. The van der Waals surface area contributed by atoms with Crippen LogP contribution in [-0.2, 0) is 57.1 Å². The molecule has 0 heterocycles. The van der Waals surface area contributed by atoms with Crippen molar-refractivity contribution in [3.8, 4) is 0 Å². The van der Waals surface area contributed by atoms with Gasteiger partial charge in [-0.15, -0.1) is 0 Å². The Hall–Kier alpha value is -2.28. The first-order valence-electron chi connectivity index (χ1n) is 31.9. The van der Waals surface area contributed by atoms with Crippen molar-refractivity contribution in [2.45, 2.75) is 327 Å². The van der Waals surface area contributed by atoms with Gasteiger partial charge in [0.15, 0.2) is 26.2 Å². The molecular weight excluding hydrogens is 1030 g/mol. The summed E-state index contributed by atoms with van der Waals surface area (Å²) in [6, 6.07) is 0. The van der Waals surface area contributed by atoms with Crippen molar-refractivity contribution in [1.29, 1.82) is 0 Å². The number of hydrogen-bond donors (Lipinski definition) is 0. The van der Waals surface area contributed by atoms with E-state index in [2.05, 4.69) is 69.2 Å². The molecule has 6 bridgehead atoms. The average molecular weight is 1160 g/mol. The molecule has 12 heteroatoms. The quantitative estimate of drug-likeness (QED) is 0.0467. The standard InChI is InChI=1S/2C18H32O3.C17H30O3.C15H28O3.2CH4/c1-8-16(3,4)15(19)21-12(2)20-14-17(5,6)13-9-10-18(14,7)11-13;1-8-16(3,4)15(19)21-12(2)20-14-11-13-9-10-18(14,7)17(13,5)6;1-7-15(2,3)14(18)20-11-19-13-10-12-8-9-17(13,6)16(12,4)5;1-5-14(2,3)13(16)18-12-17-11-15(4)9-7-6-8-10-15;;/h2*12-14H,8-11H2,1-7H3;12-13H,7-11H2,1-6H3;5-12H2,1-4H3;2*1H4. The first kappa shape index (κ1) is 75.8. The maximum atomic E-state index is 12.2. The topological polar surface area (TPSA) is 142 Å². The molecule has 0 aliphatic heterocycles. The van der Waals surface area contributed by atoms with Gasteiger partial charge in [-0.25, -0.2) is 0 Å². The lowest BCUT2D eigenvalue weighted by Crippen LogP contribution is -2.45. The number of carbonyl (C=O) groups excluding carboxylic acids is 4. The predicted molar refractivity (Wildman–Crippen MR) is 332 cm³/mol. The number of esters is 4. The van der Waals surface area contributed by atoms with E-state index in [0.717, 1.165) is 56.3 Å². The highest BCUT2D eigenvalue weighted by atomic mass is 16.7. The smallest absolute Gasteiger partial charge is 0.313 e. The molecule has 11 atom stereocenters. The highest BCUT2D eigenvalue weighted by Crippen LogP contribution is 2.68. The van der Waals surface area contributed by atoms with Gasteiger partial charge in [0.1, 0.15) is 0 Å². The normalized spacial score (nSPS) is 31.2. The van der Waals surface area contributed by atoms with Crippen LogP contribution in [0.5, 0.6) is 0 Å². The Morgan fingerprint density at radius 1 is 0.488 bits per heavy atom. The van der Waals surface area contributed by atoms with E-state index in [9.17, 15) is 19.2 Å². The van der Waals surface area contributed by atoms with Gasteiger partial charge in [-0.3, -0.25) is 19.2 Å². The van der Waals surface area contributed by atoms with Crippen LogP contribution in [0, 0.1) is 77.3 Å². The molecule has 482 valence electrons. The lowest BCUT2D eigenvalue weighted by atomic mass is 9.70. The molecule has 7 aliphatic carbocycles. The zero-order valence-electron chi connectivity index (χ0n) is 55.9. The lowest BCUT2D eigenvalue weighted by Gasteiger charge is -2.43. The molecule has 0 aromatic carbocycles. The van der Waals surface area contributed by atoms with Crippen molar-refractivity contribution in [2.24, 2.45) is 77.3 Å². The Kier molecular flexibility index (Phi) is 26.5. The summed E-state index contributed by atoms with van der Waals surface area (Å²) in [5, 5.41) is 0. The van der Waals surface area contributed by atoms with Crippen LogP contribution < -0.4 is 0 Å². The summed E-state index contributed by atoms with van der Waals surface area (Å²) in [5.41, 5.74) is 0.103. The highest BCUT2D eigenvalue weighted by molar-refractivity contribution is 5.77. The molecule has 0 aromatic rings. The molecule has 7 rings (SSSR count). The fourth-order valence-electron chi connectivity index (χ4n) is 14.5. The number of rotatable bonds is 21. The predicted octanol–water partition coefficient (Wildman–Crippen LogP) is 18.4. The zero-order chi connectivity index (χ0) is 60.9. The van der Waals surface area contributed by atoms with E-state index >= 15 is 0 Å². The van der Waals surface area contributed by atoms with Crippen LogP contribution in [0.1, 0.15) is 297 Å². The van der Waals surface area contributed by atoms with Crippen LogP contribution >= 0.6 is 0 Å². The molecule has 82 heavy (non-hydrogen) atoms. The summed E-state index contributed by atoms with van der Waals surface area (Å²) >= 11 is 0. The first-order valence-corrected chi connectivity index (χ1v) is 31.9. The molecule has 7 fully saturated rings. The minimum Gasteiger partial charge on any atom is -0.438 e. The molecule has 0 N–H and O–H groups in total. The Morgan fingerprint density at radius 2 is 0.878 bits per heavy atom. The summed E-state index contributed by atoms with van der Waals surface area (Å²) in [6.07, 6.45) is 20.2. The van der Waals surface area contributed by atoms with E-state index in [0.29, 0.717) is 17.4 Å². The van der Waals surface area contributed by atoms with E-state index in [1.807, 2.05) is 96.9 Å². The third kappa shape index (κ3) is 16.9. The van der Waals surface area contributed by atoms with Gasteiger partial charge in [-0.1, -0.05) is 131 Å². The van der Waals surface area contributed by atoms with Crippen LogP contribution in [0.4, 0.5) is 0 Å². The van der Waals surface area contributed by atoms with Crippen LogP contribution in [0.2, 0.25) is 0 Å². The van der Waals surface area contributed by atoms with Crippen molar-refractivity contribution in [1.82, 2.24) is 0 Å². The van der Waals surface area contributed by atoms with E-state index in [4.69, 9.17) is 37.9 Å². The van der Waals surface area contributed by atoms with Gasteiger partial charge >= 0.3 is 23.9 Å². The molecule has 0 amide bonds. The lowest BCUT2D eigenvalue weighted by molar-refractivity contribution is -0.219. The fourth-order valence-corrected chi connectivity index (χ4v) is 14.5. The Balaban J connectivity index is 0.000000371. The second-order valence-corrected chi connectivity index (χ2v) is 31.6. The maximum absolute atomic E-state index is 12.2. The molecule has 11 unspecified atom stereocenters. The minimum absolute atomic E-state index is 0. The highest BCUT2D eigenvalue weighted by Gasteiger charge is 2.64. The van der Waals surface area contributed by atoms with Crippen molar-refractivity contribution in [3.63, 3.8) is 0 Å². The Morgan fingerprint density at radius 3 is 1.26 bits per heavy atom. The van der Waals surface area contributed by atoms with Crippen molar-refractivity contribution in [2.75, 3.05) is 20.2 Å². The van der Waals surface area contributed by atoms with Crippen molar-refractivity contribution >= 4 is 23.9 Å². The SMILES string of the molecule is C.C.CCC(C)(C)C(=O)OC(C)OC1C2(C)CCC(C2)C1(C)C.CCC(C)(C)C(=O)OC(C)OC1CC2CCC1(C)C2(C)C.CCC(C)(C)C(=O)OCOC1CC2CCC1(C)C2(C)C.CCC(C)(C)C(=O)OCOCC1(C)CCCCC1. The van der Waals surface area contributed by atoms with Gasteiger partial charge in [0.25, 0.3) is 0 Å². The van der Waals surface area contributed by atoms with E-state index in [-0.39, 0.29) is 97.7 Å². The minimum atomic E-state index is -0.469. The van der Waals surface area contributed by atoms with E-state index in [1.54, 1.807) is 0 Å². The number of carbonyl (C=O) groups is 4. The molecular formula is C70H130O12. The van der Waals surface area contributed by atoms with Gasteiger partial charge in [0, 0.05) is 0 Å². The van der Waals surface area contributed by atoms with Gasteiger partial charge < -0.3 is 37.9 Å². The first-order chi connectivity index (χ1) is 36.6. The molecule has 7 saturated carbocycles. The van der Waals surface area contributed by atoms with Crippen LogP contribution in [0.25, 0.3) is 0 Å². The zero-order valence-corrected chi connectivity index (χ0v) is 55.9. The second-order valence-electron chi connectivity index (χ2n) is 31.6. The summed E-state index contributed by atoms with van der Waals surface area (Å²) < 4.78 is 45.4. The molecule has 7 aliphatic rings. The van der Waals surface area contributed by atoms with Gasteiger partial charge in [0.05, 0.1) is 46.6 Å². The molecule has 0 saturated heterocycles. The van der Waals surface area contributed by atoms with Crippen molar-refractivity contribution in [3.05, 3.63) is 0 Å². The van der Waals surface area contributed by atoms with Crippen molar-refractivity contribution < 1.29 is 57.1 Å². The number of ether oxygens (including phenoxy) is 8. The van der Waals surface area contributed by atoms with E-state index < -0.39 is 34.2 Å². The molecule has 0 radical (unpaired) electrons. The molecule has 0 aromatic heterocycles. The largest absolute Gasteiger partial charge is 0.438 e. The Labute approximate surface area is 503 Å². The fraction of sp³-hybridized carbons (Fsp3) is 0.943. The van der Waals surface area contributed by atoms with Crippen LogP contribution in [-0.4, -0.2) is 75.0 Å². The summed E-state index contributed by atoms with van der Waals surface area (Å²) in [4.78, 5) is 48.0. The number of hydrogen-bond acceptors (Lipinski definition) is 12. The monoisotopic (exact) mass is 1160 g/mol. The summed E-state index contributed by atoms with van der Waals surface area (Å²) in [5.74, 6) is 1.57. The third-order valence-electron chi connectivity index (χ3n) is 23.8. The van der Waals surface area contributed by atoms with Crippen LogP contribution in [0.15, 0.2) is 0 Å². The second kappa shape index (κ2) is 28.7. The average Bonchev–Trinajstić information content (AvgIpc) is 4.14. The summed E-state index contributed by atoms with van der Waals surface area (Å²) in [6.45, 7) is 51.3. The molecule has 0 spiro atoms. The maximum Gasteiger partial charge on any atom is 0.313 e. The van der Waals surface area contributed by atoms with E-state index in [1.165, 1.54) is 77.0 Å². The third-order valence-corrected chi connectivity index (χ3v) is 23.8. The van der Waals surface area contributed by atoms with Gasteiger partial charge in [-0.05, 0) is 221 Å². The van der Waals surface area contributed by atoms with Gasteiger partial charge in [-0.2, -0.15) is 0 Å². The summed E-state index contributed by atoms with van der Waals surface area (Å²) in [7, 11) is 0. The Bertz CT molecular complexity index is 2040.